The van der Waals surface area contributed by atoms with Crippen LogP contribution in [0.1, 0.15) is 51.5 Å². The van der Waals surface area contributed by atoms with Crippen LogP contribution < -0.4 is 10.5 Å². The molecule has 132 valence electrons. The molecule has 1 aromatic rings. The van der Waals surface area contributed by atoms with E-state index in [-0.39, 0.29) is 6.09 Å². The highest BCUT2D eigenvalue weighted by molar-refractivity contribution is 5.68. The number of benzene rings is 1. The van der Waals surface area contributed by atoms with Crippen molar-refractivity contribution < 1.29 is 14.3 Å². The zero-order chi connectivity index (χ0) is 17.3. The van der Waals surface area contributed by atoms with E-state index < -0.39 is 5.60 Å². The van der Waals surface area contributed by atoms with E-state index >= 15 is 0 Å². The quantitative estimate of drug-likeness (QED) is 0.852. The van der Waals surface area contributed by atoms with E-state index in [4.69, 9.17) is 15.2 Å². The summed E-state index contributed by atoms with van der Waals surface area (Å²) >= 11 is 0. The largest absolute Gasteiger partial charge is 0.493 e. The van der Waals surface area contributed by atoms with E-state index in [9.17, 15) is 4.79 Å². The van der Waals surface area contributed by atoms with Crippen LogP contribution in [-0.2, 0) is 4.74 Å². The van der Waals surface area contributed by atoms with Gasteiger partial charge in [-0.2, -0.15) is 0 Å². The highest BCUT2D eigenvalue weighted by atomic mass is 16.6. The molecule has 5 nitrogen and oxygen atoms in total. The van der Waals surface area contributed by atoms with Crippen molar-refractivity contribution in [3.63, 3.8) is 0 Å². The number of nitrogen functional groups attached to an aromatic ring is 1. The molecule has 2 aliphatic rings. The van der Waals surface area contributed by atoms with Crippen molar-refractivity contribution in [1.82, 2.24) is 4.90 Å². The number of nitrogens with two attached hydrogens (primary N) is 1. The Morgan fingerprint density at radius 2 is 2.04 bits per heavy atom. The van der Waals surface area contributed by atoms with E-state index in [1.807, 2.05) is 39.0 Å². The van der Waals surface area contributed by atoms with E-state index in [0.717, 1.165) is 24.4 Å². The Labute approximate surface area is 144 Å². The number of ether oxygens (including phenoxy) is 2. The molecule has 5 heteroatoms. The first kappa shape index (κ1) is 16.9. The number of carbonyl (C=O) groups excluding carboxylic acids is 1. The summed E-state index contributed by atoms with van der Waals surface area (Å²) in [5, 5.41) is 0. The Hall–Kier alpha value is -1.91. The minimum atomic E-state index is -0.450. The smallest absolute Gasteiger partial charge is 0.410 e. The predicted molar refractivity (Wildman–Crippen MR) is 94.2 cm³/mol. The molecule has 1 saturated heterocycles. The first-order chi connectivity index (χ1) is 11.3. The van der Waals surface area contributed by atoms with Crippen molar-refractivity contribution in [2.75, 3.05) is 25.4 Å². The molecular weight excluding hydrogens is 304 g/mol. The molecular formula is C19H28N2O3. The minimum Gasteiger partial charge on any atom is -0.493 e. The van der Waals surface area contributed by atoms with E-state index in [2.05, 4.69) is 0 Å². The molecule has 1 heterocycles. The lowest BCUT2D eigenvalue weighted by atomic mass is 10.1. The fourth-order valence-electron chi connectivity index (χ4n) is 3.08. The lowest BCUT2D eigenvalue weighted by Gasteiger charge is -2.24. The average Bonchev–Trinajstić information content (AvgIpc) is 3.22. The zero-order valence-electron chi connectivity index (χ0n) is 14.9. The van der Waals surface area contributed by atoms with Crippen LogP contribution in [-0.4, -0.2) is 36.3 Å². The molecule has 2 N–H and O–H groups in total. The van der Waals surface area contributed by atoms with E-state index in [1.165, 1.54) is 18.4 Å². The second-order valence-corrected chi connectivity index (χ2v) is 7.96. The molecule has 1 aliphatic carbocycles. The summed E-state index contributed by atoms with van der Waals surface area (Å²) in [6.45, 7) is 7.73. The maximum absolute atomic E-state index is 12.1. The predicted octanol–water partition coefficient (Wildman–Crippen LogP) is 3.78. The maximum Gasteiger partial charge on any atom is 0.410 e. The van der Waals surface area contributed by atoms with Crippen molar-refractivity contribution in [2.45, 2.75) is 51.6 Å². The van der Waals surface area contributed by atoms with Gasteiger partial charge in [-0.1, -0.05) is 0 Å². The first-order valence-corrected chi connectivity index (χ1v) is 8.82. The van der Waals surface area contributed by atoms with Gasteiger partial charge in [-0.15, -0.1) is 0 Å². The summed E-state index contributed by atoms with van der Waals surface area (Å²) < 4.78 is 11.5. The lowest BCUT2D eigenvalue weighted by molar-refractivity contribution is 0.0284. The van der Waals surface area contributed by atoms with Crippen molar-refractivity contribution in [3.8, 4) is 5.75 Å². The van der Waals surface area contributed by atoms with Crippen molar-refractivity contribution in [2.24, 2.45) is 5.92 Å². The molecule has 0 bridgehead atoms. The van der Waals surface area contributed by atoms with Gasteiger partial charge in [-0.25, -0.2) is 4.79 Å². The van der Waals surface area contributed by atoms with Crippen LogP contribution in [0.2, 0.25) is 0 Å². The third-order valence-corrected chi connectivity index (χ3v) is 4.46. The Morgan fingerprint density at radius 1 is 1.29 bits per heavy atom. The Kier molecular flexibility index (Phi) is 4.61. The molecule has 0 radical (unpaired) electrons. The van der Waals surface area contributed by atoms with Crippen LogP contribution in [0.5, 0.6) is 5.75 Å². The van der Waals surface area contributed by atoms with Gasteiger partial charge in [0.15, 0.2) is 0 Å². The molecule has 1 aliphatic heterocycles. The van der Waals surface area contributed by atoms with Crippen LogP contribution in [0.15, 0.2) is 18.2 Å². The van der Waals surface area contributed by atoms with Gasteiger partial charge >= 0.3 is 6.09 Å². The van der Waals surface area contributed by atoms with Gasteiger partial charge in [0, 0.05) is 24.7 Å². The SMILES string of the molecule is CC(C)(C)OC(=O)N1CCC(COc2ccc(N)cc2C2CC2)C1. The first-order valence-electron chi connectivity index (χ1n) is 8.82. The third-order valence-electron chi connectivity index (χ3n) is 4.46. The summed E-state index contributed by atoms with van der Waals surface area (Å²) in [7, 11) is 0. The van der Waals surface area contributed by atoms with Crippen molar-refractivity contribution >= 4 is 11.8 Å². The fourth-order valence-corrected chi connectivity index (χ4v) is 3.08. The molecule has 0 spiro atoms. The summed E-state index contributed by atoms with van der Waals surface area (Å²) in [6, 6.07) is 5.90. The minimum absolute atomic E-state index is 0.226. The number of amides is 1. The van der Waals surface area contributed by atoms with Gasteiger partial charge in [0.05, 0.1) is 6.61 Å². The van der Waals surface area contributed by atoms with Gasteiger partial charge in [0.25, 0.3) is 0 Å². The number of hydrogen-bond acceptors (Lipinski definition) is 4. The zero-order valence-corrected chi connectivity index (χ0v) is 14.9. The van der Waals surface area contributed by atoms with Gasteiger partial charge < -0.3 is 20.1 Å². The number of carbonyl (C=O) groups is 1. The Balaban J connectivity index is 1.53. The number of rotatable bonds is 4. The van der Waals surface area contributed by atoms with Crippen LogP contribution in [0.25, 0.3) is 0 Å². The maximum atomic E-state index is 12.1. The number of likely N-dealkylation sites (tertiary alicyclic amines) is 1. The summed E-state index contributed by atoms with van der Waals surface area (Å²) in [4.78, 5) is 13.9. The van der Waals surface area contributed by atoms with Gasteiger partial charge in [0.2, 0.25) is 0 Å². The van der Waals surface area contributed by atoms with Crippen LogP contribution in [0.3, 0.4) is 0 Å². The second-order valence-electron chi connectivity index (χ2n) is 7.96. The number of nitrogens with zero attached hydrogens (tertiary/aromatic N) is 1. The average molecular weight is 332 g/mol. The standard InChI is InChI=1S/C19H28N2O3/c1-19(2,3)24-18(22)21-9-8-13(11-21)12-23-17-7-6-15(20)10-16(17)14-4-5-14/h6-7,10,13-14H,4-5,8-9,11-12,20H2,1-3H3. The van der Waals surface area contributed by atoms with Crippen LogP contribution in [0, 0.1) is 5.92 Å². The normalized spacial score (nSPS) is 21.0. The van der Waals surface area contributed by atoms with Crippen molar-refractivity contribution in [3.05, 3.63) is 23.8 Å². The lowest BCUT2D eigenvalue weighted by Crippen LogP contribution is -2.35. The fraction of sp³-hybridized carbons (Fsp3) is 0.632. The van der Waals surface area contributed by atoms with Gasteiger partial charge in [0.1, 0.15) is 11.4 Å². The van der Waals surface area contributed by atoms with Gasteiger partial charge in [-0.3, -0.25) is 0 Å². The van der Waals surface area contributed by atoms with Crippen molar-refractivity contribution in [1.29, 1.82) is 0 Å². The molecule has 1 saturated carbocycles. The molecule has 24 heavy (non-hydrogen) atoms. The molecule has 1 amide bonds. The second kappa shape index (κ2) is 6.54. The summed E-state index contributed by atoms with van der Waals surface area (Å²) in [5.41, 5.74) is 7.48. The molecule has 1 aromatic carbocycles. The number of anilines is 1. The highest BCUT2D eigenvalue weighted by Gasteiger charge is 2.31. The van der Waals surface area contributed by atoms with E-state index in [0.29, 0.717) is 25.0 Å². The monoisotopic (exact) mass is 332 g/mol. The van der Waals surface area contributed by atoms with Crippen LogP contribution in [0.4, 0.5) is 10.5 Å². The van der Waals surface area contributed by atoms with Crippen LogP contribution >= 0.6 is 0 Å². The van der Waals surface area contributed by atoms with E-state index in [1.54, 1.807) is 4.90 Å². The Morgan fingerprint density at radius 3 is 2.71 bits per heavy atom. The number of hydrogen-bond donors (Lipinski definition) is 1. The Bertz CT molecular complexity index is 605. The molecule has 2 fully saturated rings. The summed E-state index contributed by atoms with van der Waals surface area (Å²) in [6.07, 6.45) is 3.16. The molecule has 0 aromatic heterocycles. The molecule has 1 unspecified atom stereocenters. The topological polar surface area (TPSA) is 64.8 Å². The third kappa shape index (κ3) is 4.34. The molecule has 3 rings (SSSR count). The van der Waals surface area contributed by atoms with Gasteiger partial charge in [-0.05, 0) is 69.7 Å². The highest BCUT2D eigenvalue weighted by Crippen LogP contribution is 2.45. The molecule has 1 atom stereocenters. The summed E-state index contributed by atoms with van der Waals surface area (Å²) in [5.74, 6) is 1.90.